The number of aromatic nitrogens is 2. The number of nitrogens with one attached hydrogen (secondary N) is 1. The van der Waals surface area contributed by atoms with E-state index in [2.05, 4.69) is 26.3 Å². The van der Waals surface area contributed by atoms with Crippen LogP contribution in [-0.2, 0) is 13.1 Å². The van der Waals surface area contributed by atoms with Crippen LogP contribution in [0, 0.1) is 17.0 Å². The zero-order valence-electron chi connectivity index (χ0n) is 12.0. The minimum atomic E-state index is -0.378. The summed E-state index contributed by atoms with van der Waals surface area (Å²) in [6, 6.07) is 7.78. The van der Waals surface area contributed by atoms with E-state index < -0.39 is 0 Å². The van der Waals surface area contributed by atoms with Crippen LogP contribution in [-0.4, -0.2) is 14.7 Å². The minimum Gasteiger partial charge on any atom is -0.360 e. The summed E-state index contributed by atoms with van der Waals surface area (Å²) in [7, 11) is 0. The minimum absolute atomic E-state index is 0.0514. The molecule has 0 aliphatic rings. The molecule has 1 heterocycles. The van der Waals surface area contributed by atoms with Gasteiger partial charge in [0.05, 0.1) is 4.92 Å². The first-order valence-corrected chi connectivity index (χ1v) is 7.53. The fraction of sp³-hybridized carbons (Fsp3) is 0.357. The van der Waals surface area contributed by atoms with Gasteiger partial charge in [0.2, 0.25) is 5.82 Å². The molecule has 2 rings (SSSR count). The van der Waals surface area contributed by atoms with Gasteiger partial charge in [0.25, 0.3) is 0 Å². The number of nitro groups is 1. The summed E-state index contributed by atoms with van der Waals surface area (Å²) in [6.45, 7) is 4.82. The Labute approximate surface area is 131 Å². The van der Waals surface area contributed by atoms with Crippen LogP contribution in [0.4, 0.5) is 11.5 Å². The normalized spacial score (nSPS) is 10.6. The average molecular weight is 353 g/mol. The molecule has 0 aliphatic heterocycles. The lowest BCUT2D eigenvalue weighted by Gasteiger charge is -2.09. The van der Waals surface area contributed by atoms with E-state index in [4.69, 9.17) is 0 Å². The smallest absolute Gasteiger partial charge is 0.333 e. The van der Waals surface area contributed by atoms with Crippen LogP contribution in [0.5, 0.6) is 0 Å². The molecule has 0 unspecified atom stereocenters. The largest absolute Gasteiger partial charge is 0.360 e. The van der Waals surface area contributed by atoms with Crippen LogP contribution in [0.2, 0.25) is 0 Å². The van der Waals surface area contributed by atoms with Crippen molar-refractivity contribution in [2.75, 3.05) is 5.32 Å². The molecule has 1 aromatic carbocycles. The molecule has 0 saturated carbocycles. The Morgan fingerprint density at radius 1 is 1.43 bits per heavy atom. The fourth-order valence-corrected chi connectivity index (χ4v) is 2.58. The van der Waals surface area contributed by atoms with Gasteiger partial charge in [-0.3, -0.25) is 10.1 Å². The van der Waals surface area contributed by atoms with E-state index in [0.29, 0.717) is 24.6 Å². The SMILES string of the molecule is CCCn1nc(C)c([N+](=O)[O-])c1NCc1ccccc1Br. The van der Waals surface area contributed by atoms with E-state index in [1.807, 2.05) is 31.2 Å². The van der Waals surface area contributed by atoms with Crippen LogP contribution in [0.3, 0.4) is 0 Å². The molecular formula is C14H17BrN4O2. The van der Waals surface area contributed by atoms with Gasteiger partial charge in [0, 0.05) is 17.6 Å². The zero-order valence-corrected chi connectivity index (χ0v) is 13.6. The van der Waals surface area contributed by atoms with Gasteiger partial charge >= 0.3 is 5.69 Å². The summed E-state index contributed by atoms with van der Waals surface area (Å²) in [5, 5.41) is 18.7. The third-order valence-corrected chi connectivity index (χ3v) is 3.89. The summed E-state index contributed by atoms with van der Waals surface area (Å²) < 4.78 is 2.64. The van der Waals surface area contributed by atoms with Gasteiger partial charge < -0.3 is 5.32 Å². The molecule has 0 amide bonds. The van der Waals surface area contributed by atoms with Crippen molar-refractivity contribution in [1.29, 1.82) is 0 Å². The molecule has 1 aromatic heterocycles. The average Bonchev–Trinajstić information content (AvgIpc) is 2.74. The van der Waals surface area contributed by atoms with E-state index in [1.165, 1.54) is 0 Å². The second-order valence-electron chi connectivity index (χ2n) is 4.71. The predicted octanol–water partition coefficient (Wildman–Crippen LogP) is 3.88. The molecule has 6 nitrogen and oxygen atoms in total. The molecule has 0 spiro atoms. The lowest BCUT2D eigenvalue weighted by atomic mass is 10.2. The summed E-state index contributed by atoms with van der Waals surface area (Å²) in [5.41, 5.74) is 1.52. The topological polar surface area (TPSA) is 73.0 Å². The standard InChI is InChI=1S/C14H17BrN4O2/c1-3-8-18-14(13(19(20)21)10(2)17-18)16-9-11-6-4-5-7-12(11)15/h4-7,16H,3,8-9H2,1-2H3. The van der Waals surface area contributed by atoms with Crippen LogP contribution in [0.1, 0.15) is 24.6 Å². The Bertz CT molecular complexity index is 654. The van der Waals surface area contributed by atoms with E-state index in [1.54, 1.807) is 11.6 Å². The second kappa shape index (κ2) is 6.71. The molecule has 0 fully saturated rings. The van der Waals surface area contributed by atoms with Crippen molar-refractivity contribution in [1.82, 2.24) is 9.78 Å². The zero-order chi connectivity index (χ0) is 15.4. The van der Waals surface area contributed by atoms with Crippen molar-refractivity contribution in [2.45, 2.75) is 33.4 Å². The van der Waals surface area contributed by atoms with Crippen LogP contribution < -0.4 is 5.32 Å². The number of rotatable bonds is 6. The number of benzene rings is 1. The van der Waals surface area contributed by atoms with E-state index in [9.17, 15) is 10.1 Å². The summed E-state index contributed by atoms with van der Waals surface area (Å²) in [5.74, 6) is 0.468. The maximum Gasteiger partial charge on any atom is 0.333 e. The van der Waals surface area contributed by atoms with Crippen LogP contribution in [0.25, 0.3) is 0 Å². The van der Waals surface area contributed by atoms with Gasteiger partial charge in [-0.25, -0.2) is 4.68 Å². The maximum absolute atomic E-state index is 11.2. The van der Waals surface area contributed by atoms with E-state index >= 15 is 0 Å². The highest BCUT2D eigenvalue weighted by atomic mass is 79.9. The highest BCUT2D eigenvalue weighted by Gasteiger charge is 2.24. The predicted molar refractivity (Wildman–Crippen MR) is 85.4 cm³/mol. The molecule has 0 bridgehead atoms. The first-order chi connectivity index (χ1) is 10.0. The molecule has 0 radical (unpaired) electrons. The molecular weight excluding hydrogens is 336 g/mol. The molecule has 7 heteroatoms. The lowest BCUT2D eigenvalue weighted by Crippen LogP contribution is -2.09. The summed E-state index contributed by atoms with van der Waals surface area (Å²) >= 11 is 3.48. The molecule has 0 aliphatic carbocycles. The third kappa shape index (κ3) is 3.41. The van der Waals surface area contributed by atoms with Gasteiger partial charge in [0.15, 0.2) is 0 Å². The third-order valence-electron chi connectivity index (χ3n) is 3.12. The van der Waals surface area contributed by atoms with Crippen molar-refractivity contribution in [3.63, 3.8) is 0 Å². The summed E-state index contributed by atoms with van der Waals surface area (Å²) in [4.78, 5) is 10.9. The first kappa shape index (κ1) is 15.5. The molecule has 2 aromatic rings. The lowest BCUT2D eigenvalue weighted by molar-refractivity contribution is -0.384. The Balaban J connectivity index is 2.29. The highest BCUT2D eigenvalue weighted by Crippen LogP contribution is 2.29. The number of nitrogens with zero attached hydrogens (tertiary/aromatic N) is 3. The molecule has 1 N–H and O–H groups in total. The van der Waals surface area contributed by atoms with Crippen molar-refractivity contribution in [3.05, 3.63) is 50.1 Å². The summed E-state index contributed by atoms with van der Waals surface area (Å²) in [6.07, 6.45) is 0.863. The number of hydrogen-bond donors (Lipinski definition) is 1. The van der Waals surface area contributed by atoms with Gasteiger partial charge in [-0.15, -0.1) is 0 Å². The first-order valence-electron chi connectivity index (χ1n) is 6.73. The monoisotopic (exact) mass is 352 g/mol. The van der Waals surface area contributed by atoms with Gasteiger partial charge in [-0.1, -0.05) is 41.1 Å². The quantitative estimate of drug-likeness (QED) is 0.632. The maximum atomic E-state index is 11.2. The number of anilines is 1. The molecule has 0 atom stereocenters. The Morgan fingerprint density at radius 3 is 2.76 bits per heavy atom. The van der Waals surface area contributed by atoms with E-state index in [0.717, 1.165) is 16.5 Å². The molecule has 0 saturated heterocycles. The fourth-order valence-electron chi connectivity index (χ4n) is 2.16. The number of halogens is 1. The van der Waals surface area contributed by atoms with Gasteiger partial charge in [0.1, 0.15) is 5.69 Å². The van der Waals surface area contributed by atoms with E-state index in [-0.39, 0.29) is 10.6 Å². The Hall–Kier alpha value is -1.89. The van der Waals surface area contributed by atoms with Gasteiger partial charge in [-0.2, -0.15) is 5.10 Å². The highest BCUT2D eigenvalue weighted by molar-refractivity contribution is 9.10. The Morgan fingerprint density at radius 2 is 2.14 bits per heavy atom. The van der Waals surface area contributed by atoms with Crippen molar-refractivity contribution in [2.24, 2.45) is 0 Å². The number of hydrogen-bond acceptors (Lipinski definition) is 4. The van der Waals surface area contributed by atoms with Gasteiger partial charge in [-0.05, 0) is 25.0 Å². The van der Waals surface area contributed by atoms with Crippen LogP contribution in [0.15, 0.2) is 28.7 Å². The molecule has 112 valence electrons. The number of aryl methyl sites for hydroxylation is 2. The second-order valence-corrected chi connectivity index (χ2v) is 5.56. The Kier molecular flexibility index (Phi) is 4.95. The van der Waals surface area contributed by atoms with Crippen molar-refractivity contribution in [3.8, 4) is 0 Å². The van der Waals surface area contributed by atoms with Crippen molar-refractivity contribution >= 4 is 27.4 Å². The van der Waals surface area contributed by atoms with Crippen LogP contribution >= 0.6 is 15.9 Å². The van der Waals surface area contributed by atoms with Crippen molar-refractivity contribution < 1.29 is 4.92 Å². The molecule has 21 heavy (non-hydrogen) atoms.